The maximum atomic E-state index is 14.1. The molecule has 3 rings (SSSR count). The lowest BCUT2D eigenvalue weighted by Gasteiger charge is -2.29. The number of hydrogen-bond donors (Lipinski definition) is 0. The molecule has 2 aromatic carbocycles. The van der Waals surface area contributed by atoms with Gasteiger partial charge in [0.05, 0.1) is 19.8 Å². The maximum absolute atomic E-state index is 14.1. The van der Waals surface area contributed by atoms with Crippen molar-refractivity contribution in [2.45, 2.75) is 32.7 Å². The molecule has 0 saturated carbocycles. The molecule has 140 valence electrons. The van der Waals surface area contributed by atoms with Crippen LogP contribution in [0.25, 0.3) is 11.1 Å². The Morgan fingerprint density at radius 1 is 1.00 bits per heavy atom. The summed E-state index contributed by atoms with van der Waals surface area (Å²) in [6.07, 6.45) is 1.84. The Kier molecular flexibility index (Phi) is 6.35. The van der Waals surface area contributed by atoms with Crippen molar-refractivity contribution in [2.24, 2.45) is 5.92 Å². The second-order valence-corrected chi connectivity index (χ2v) is 6.63. The van der Waals surface area contributed by atoms with Crippen molar-refractivity contribution in [1.82, 2.24) is 0 Å². The van der Waals surface area contributed by atoms with Gasteiger partial charge in [0.1, 0.15) is 11.6 Å². The highest BCUT2D eigenvalue weighted by Crippen LogP contribution is 2.30. The monoisotopic (exact) mass is 362 g/mol. The van der Waals surface area contributed by atoms with Crippen LogP contribution in [0.5, 0.6) is 0 Å². The first-order valence-electron chi connectivity index (χ1n) is 8.92. The van der Waals surface area contributed by atoms with Gasteiger partial charge in [0, 0.05) is 24.2 Å². The number of ether oxygens (including phenoxy) is 3. The summed E-state index contributed by atoms with van der Waals surface area (Å²) in [5.41, 5.74) is 2.06. The van der Waals surface area contributed by atoms with Gasteiger partial charge < -0.3 is 14.2 Å². The average Bonchev–Trinajstić information content (AvgIpc) is 2.66. The molecule has 0 N–H and O–H groups in total. The van der Waals surface area contributed by atoms with E-state index in [-0.39, 0.29) is 18.5 Å². The summed E-state index contributed by atoms with van der Waals surface area (Å²) >= 11 is 0. The Bertz CT molecular complexity index is 700. The van der Waals surface area contributed by atoms with Gasteiger partial charge in [-0.2, -0.15) is 0 Å². The SMILES string of the molecule is CCC[C@H]1CO[C@H](c2ccc(-c3cc(F)c(COC)c(F)c3)cc2)OC1. The fraction of sp³-hybridized carbons (Fsp3) is 0.429. The first-order chi connectivity index (χ1) is 12.6. The Morgan fingerprint density at radius 3 is 2.15 bits per heavy atom. The molecule has 0 spiro atoms. The van der Waals surface area contributed by atoms with E-state index >= 15 is 0 Å². The Morgan fingerprint density at radius 2 is 1.62 bits per heavy atom. The van der Waals surface area contributed by atoms with Crippen molar-refractivity contribution in [3.05, 3.63) is 59.2 Å². The van der Waals surface area contributed by atoms with E-state index in [4.69, 9.17) is 14.2 Å². The molecule has 1 heterocycles. The number of rotatable bonds is 6. The van der Waals surface area contributed by atoms with Crippen LogP contribution in [-0.2, 0) is 20.8 Å². The molecular formula is C21H24F2O3. The van der Waals surface area contributed by atoms with Crippen molar-refractivity contribution >= 4 is 0 Å². The van der Waals surface area contributed by atoms with Crippen LogP contribution >= 0.6 is 0 Å². The summed E-state index contributed by atoms with van der Waals surface area (Å²) in [5.74, 6) is -0.759. The third kappa shape index (κ3) is 4.29. The summed E-state index contributed by atoms with van der Waals surface area (Å²) in [7, 11) is 1.41. The topological polar surface area (TPSA) is 27.7 Å². The van der Waals surface area contributed by atoms with E-state index in [2.05, 4.69) is 6.92 Å². The van der Waals surface area contributed by atoms with Gasteiger partial charge in [0.2, 0.25) is 0 Å². The van der Waals surface area contributed by atoms with Crippen LogP contribution in [0.4, 0.5) is 8.78 Å². The average molecular weight is 362 g/mol. The summed E-state index contributed by atoms with van der Waals surface area (Å²) in [5, 5.41) is 0. The van der Waals surface area contributed by atoms with Crippen LogP contribution in [-0.4, -0.2) is 20.3 Å². The molecule has 0 unspecified atom stereocenters. The van der Waals surface area contributed by atoms with E-state index in [0.717, 1.165) is 24.0 Å². The van der Waals surface area contributed by atoms with E-state index in [1.807, 2.05) is 24.3 Å². The van der Waals surface area contributed by atoms with E-state index in [1.165, 1.54) is 19.2 Å². The van der Waals surface area contributed by atoms with Crippen molar-refractivity contribution in [1.29, 1.82) is 0 Å². The predicted octanol–water partition coefficient (Wildman–Crippen LogP) is 5.24. The van der Waals surface area contributed by atoms with Crippen LogP contribution in [0, 0.1) is 17.6 Å². The largest absolute Gasteiger partial charge is 0.380 e. The number of hydrogen-bond acceptors (Lipinski definition) is 3. The highest BCUT2D eigenvalue weighted by molar-refractivity contribution is 5.64. The van der Waals surface area contributed by atoms with Crippen LogP contribution in [0.1, 0.15) is 37.2 Å². The summed E-state index contributed by atoms with van der Waals surface area (Å²) in [6.45, 7) is 3.44. The third-order valence-electron chi connectivity index (χ3n) is 4.61. The molecule has 1 aliphatic rings. The molecule has 0 amide bonds. The normalized spacial score (nSPS) is 20.3. The Balaban J connectivity index is 1.72. The van der Waals surface area contributed by atoms with Crippen molar-refractivity contribution in [3.63, 3.8) is 0 Å². The second-order valence-electron chi connectivity index (χ2n) is 6.63. The van der Waals surface area contributed by atoms with Gasteiger partial charge in [-0.3, -0.25) is 0 Å². The van der Waals surface area contributed by atoms with Gasteiger partial charge in [-0.05, 0) is 29.7 Å². The molecule has 1 fully saturated rings. The summed E-state index contributed by atoms with van der Waals surface area (Å²) < 4.78 is 44.6. The molecule has 0 aromatic heterocycles. The van der Waals surface area contributed by atoms with Crippen molar-refractivity contribution < 1.29 is 23.0 Å². The minimum Gasteiger partial charge on any atom is -0.380 e. The molecule has 0 radical (unpaired) electrons. The smallest absolute Gasteiger partial charge is 0.183 e. The molecule has 26 heavy (non-hydrogen) atoms. The lowest BCUT2D eigenvalue weighted by molar-refractivity contribution is -0.206. The first-order valence-corrected chi connectivity index (χ1v) is 8.92. The number of benzene rings is 2. The molecule has 3 nitrogen and oxygen atoms in total. The molecule has 1 aliphatic heterocycles. The molecule has 0 atom stereocenters. The maximum Gasteiger partial charge on any atom is 0.183 e. The van der Waals surface area contributed by atoms with Gasteiger partial charge in [-0.25, -0.2) is 8.78 Å². The van der Waals surface area contributed by atoms with Crippen LogP contribution < -0.4 is 0 Å². The molecule has 1 saturated heterocycles. The zero-order valence-electron chi connectivity index (χ0n) is 15.1. The van der Waals surface area contributed by atoms with Gasteiger partial charge in [-0.1, -0.05) is 37.6 Å². The van der Waals surface area contributed by atoms with Gasteiger partial charge >= 0.3 is 0 Å². The van der Waals surface area contributed by atoms with E-state index in [1.54, 1.807) is 0 Å². The Labute approximate surface area is 152 Å². The highest BCUT2D eigenvalue weighted by Gasteiger charge is 2.23. The van der Waals surface area contributed by atoms with Crippen LogP contribution in [0.2, 0.25) is 0 Å². The lowest BCUT2D eigenvalue weighted by atomic mass is 10.0. The molecule has 2 aromatic rings. The standard InChI is InChI=1S/C21H24F2O3/c1-3-4-14-11-25-21(26-12-14)16-7-5-15(6-8-16)17-9-19(22)18(13-24-2)20(23)10-17/h5-10,14,21H,3-4,11-13H2,1-2H3/t14-,21-. The number of methoxy groups -OCH3 is 1. The molecular weight excluding hydrogens is 338 g/mol. The Hall–Kier alpha value is -1.82. The van der Waals surface area contributed by atoms with Gasteiger partial charge in [-0.15, -0.1) is 0 Å². The minimum atomic E-state index is -0.605. The third-order valence-corrected chi connectivity index (χ3v) is 4.61. The summed E-state index contributed by atoms with van der Waals surface area (Å²) in [6, 6.07) is 10.1. The molecule has 0 bridgehead atoms. The predicted molar refractivity (Wildman–Crippen MR) is 95.6 cm³/mol. The van der Waals surface area contributed by atoms with Gasteiger partial charge in [0.25, 0.3) is 0 Å². The second kappa shape index (κ2) is 8.71. The van der Waals surface area contributed by atoms with Crippen molar-refractivity contribution in [2.75, 3.05) is 20.3 Å². The molecule has 5 heteroatoms. The van der Waals surface area contributed by atoms with Crippen molar-refractivity contribution in [3.8, 4) is 11.1 Å². The van der Waals surface area contributed by atoms with E-state index in [0.29, 0.717) is 24.7 Å². The summed E-state index contributed by atoms with van der Waals surface area (Å²) in [4.78, 5) is 0. The fourth-order valence-electron chi connectivity index (χ4n) is 3.20. The van der Waals surface area contributed by atoms with E-state index < -0.39 is 11.6 Å². The zero-order chi connectivity index (χ0) is 18.5. The minimum absolute atomic E-state index is 0.0569. The highest BCUT2D eigenvalue weighted by atomic mass is 19.1. The molecule has 0 aliphatic carbocycles. The van der Waals surface area contributed by atoms with Crippen LogP contribution in [0.3, 0.4) is 0 Å². The lowest BCUT2D eigenvalue weighted by Crippen LogP contribution is -2.26. The first kappa shape index (κ1) is 19.0. The zero-order valence-corrected chi connectivity index (χ0v) is 15.1. The quantitative estimate of drug-likeness (QED) is 0.703. The van der Waals surface area contributed by atoms with Gasteiger partial charge in [0.15, 0.2) is 6.29 Å². The fourth-order valence-corrected chi connectivity index (χ4v) is 3.20. The van der Waals surface area contributed by atoms with Crippen LogP contribution in [0.15, 0.2) is 36.4 Å². The number of halogens is 2. The van der Waals surface area contributed by atoms with E-state index in [9.17, 15) is 8.78 Å².